The summed E-state index contributed by atoms with van der Waals surface area (Å²) in [5, 5.41) is 8.83. The summed E-state index contributed by atoms with van der Waals surface area (Å²) in [6.45, 7) is 0.132. The first-order chi connectivity index (χ1) is 25.3. The van der Waals surface area contributed by atoms with Crippen molar-refractivity contribution in [2.24, 2.45) is 0 Å². The summed E-state index contributed by atoms with van der Waals surface area (Å²) in [5.41, 5.74) is 14.5. The van der Waals surface area contributed by atoms with E-state index in [4.69, 9.17) is 0 Å². The van der Waals surface area contributed by atoms with Crippen molar-refractivity contribution in [2.75, 3.05) is 5.09 Å². The molecule has 6 aliphatic rings. The van der Waals surface area contributed by atoms with Gasteiger partial charge in [0.05, 0.1) is 0 Å². The number of hydrogen-bond acceptors (Lipinski definition) is 1. The van der Waals surface area contributed by atoms with E-state index in [2.05, 4.69) is 187 Å². The van der Waals surface area contributed by atoms with Gasteiger partial charge < -0.3 is 0 Å². The predicted octanol–water partition coefficient (Wildman–Crippen LogP) is 6.38. The van der Waals surface area contributed by atoms with Crippen molar-refractivity contribution >= 4 is 88.0 Å². The molecule has 0 spiro atoms. The SMILES string of the molecule is [B-]1B2B3B1P23(Nc1ccccc1)c1ccc2c3c1c1ccccc1n3-c1cccc3c1B2c1ccccc1C3(c1ccccc1)c1ccccc1. The van der Waals surface area contributed by atoms with Gasteiger partial charge in [-0.05, 0) is 0 Å². The summed E-state index contributed by atoms with van der Waals surface area (Å²) in [6.07, 6.45) is -0.0858. The summed E-state index contributed by atoms with van der Waals surface area (Å²) in [4.78, 5) is 0. The molecule has 0 saturated carbocycles. The van der Waals surface area contributed by atoms with Gasteiger partial charge in [0.1, 0.15) is 0 Å². The topological polar surface area (TPSA) is 17.0 Å². The molecule has 4 fully saturated rings. The Labute approximate surface area is 299 Å². The summed E-state index contributed by atoms with van der Waals surface area (Å²) in [7, 11) is 2.65. The zero-order valence-electron chi connectivity index (χ0n) is 27.9. The van der Waals surface area contributed by atoms with E-state index in [1.165, 1.54) is 71.8 Å². The third-order valence-corrected chi connectivity index (χ3v) is 20.8. The molecule has 1 aromatic heterocycles. The molecule has 14 rings (SSSR count). The number of aromatic nitrogens is 1. The van der Waals surface area contributed by atoms with Crippen LogP contribution in [0.4, 0.5) is 5.69 Å². The van der Waals surface area contributed by atoms with Crippen LogP contribution in [-0.4, -0.2) is 37.0 Å². The number of fused-ring (bicyclic) bond motifs is 7. The van der Waals surface area contributed by atoms with Crippen LogP contribution in [0.25, 0.3) is 27.5 Å². The Balaban J connectivity index is 1.17. The first-order valence-electron chi connectivity index (χ1n) is 18.4. The second-order valence-corrected chi connectivity index (χ2v) is 20.6. The number of nitrogens with one attached hydrogen (secondary N) is 1. The number of para-hydroxylation sites is 2. The van der Waals surface area contributed by atoms with Gasteiger partial charge in [0.2, 0.25) is 0 Å². The second-order valence-electron chi connectivity index (χ2n) is 15.5. The fraction of sp³-hybridized carbons (Fsp3) is 0.0233. The Morgan fingerprint density at radius 3 is 1.90 bits per heavy atom. The molecule has 7 heterocycles. The Morgan fingerprint density at radius 1 is 0.569 bits per heavy atom. The summed E-state index contributed by atoms with van der Waals surface area (Å²) in [6, 6.07) is 64.4. The third-order valence-electron chi connectivity index (χ3n) is 13.8. The molecule has 0 aliphatic carbocycles. The van der Waals surface area contributed by atoms with E-state index in [0.717, 1.165) is 6.21 Å². The van der Waals surface area contributed by atoms with Crippen LogP contribution in [0.5, 0.6) is 0 Å². The van der Waals surface area contributed by atoms with E-state index in [1.54, 1.807) is 5.30 Å². The van der Waals surface area contributed by atoms with Crippen LogP contribution in [0.3, 0.4) is 0 Å². The molecule has 7 aromatic carbocycles. The Bertz CT molecular complexity index is 2760. The van der Waals surface area contributed by atoms with Crippen LogP contribution >= 0.6 is 6.39 Å². The number of nitrogens with zero attached hydrogens (tertiary/aromatic N) is 1. The van der Waals surface area contributed by atoms with Gasteiger partial charge in [0, 0.05) is 0 Å². The Morgan fingerprint density at radius 2 is 1.20 bits per heavy atom. The first-order valence-corrected chi connectivity index (χ1v) is 20.8. The van der Waals surface area contributed by atoms with Gasteiger partial charge in [-0.15, -0.1) is 0 Å². The maximum atomic E-state index is 4.33. The molecule has 232 valence electrons. The molecule has 1 N–H and O–H groups in total. The zero-order valence-corrected chi connectivity index (χ0v) is 28.8. The van der Waals surface area contributed by atoms with E-state index in [0.29, 0.717) is 12.4 Å². The van der Waals surface area contributed by atoms with Gasteiger partial charge >= 0.3 is 301 Å². The standard InChI is InChI=1S/C43H29B5N2P/c1-4-15-29(16-5-1)43(30-17-6-2-7-18-30)33-22-11-12-24-35(33)45-36-27-28-39(51(46-44-47(51)48(46)51)49-31-19-8-3-9-20-31)40-32-21-10-13-25-37(32)50(42(36)40)38-26-14-23-34(43)41(38)45/h1-28,49H/q-1. The molecule has 4 saturated heterocycles. The van der Waals surface area contributed by atoms with Crippen molar-refractivity contribution in [3.63, 3.8) is 0 Å². The molecule has 2 radical (unpaired) electrons. The van der Waals surface area contributed by atoms with Gasteiger partial charge in [0.15, 0.2) is 0 Å². The number of benzene rings is 7. The zero-order chi connectivity index (χ0) is 33.1. The van der Waals surface area contributed by atoms with E-state index in [9.17, 15) is 0 Å². The van der Waals surface area contributed by atoms with Crippen LogP contribution in [-0.2, 0) is 5.41 Å². The molecule has 51 heavy (non-hydrogen) atoms. The van der Waals surface area contributed by atoms with Gasteiger partial charge in [-0.2, -0.15) is 0 Å². The van der Waals surface area contributed by atoms with Gasteiger partial charge in [-0.3, -0.25) is 0 Å². The first kappa shape index (κ1) is 27.6. The number of hydrogen-bond donors (Lipinski definition) is 1. The average Bonchev–Trinajstić information content (AvgIpc) is 3.77. The summed E-state index contributed by atoms with van der Waals surface area (Å²) in [5.74, 6) is 0. The third kappa shape index (κ3) is 2.86. The summed E-state index contributed by atoms with van der Waals surface area (Å²) < 4.78 is 2.66. The maximum absolute atomic E-state index is 4.33. The second kappa shape index (κ2) is 9.03. The van der Waals surface area contributed by atoms with Crippen molar-refractivity contribution in [2.45, 2.75) is 5.41 Å². The van der Waals surface area contributed by atoms with E-state index in [-0.39, 0.29) is 6.71 Å². The molecule has 8 heteroatoms. The molecular weight excluding hydrogens is 630 g/mol. The van der Waals surface area contributed by atoms with Crippen molar-refractivity contribution in [1.29, 1.82) is 0 Å². The van der Waals surface area contributed by atoms with Crippen LogP contribution in [0, 0.1) is 0 Å². The Hall–Kier alpha value is -5.11. The molecular formula is C43H29B5N2P-. The van der Waals surface area contributed by atoms with Crippen molar-refractivity contribution in [1.82, 2.24) is 4.57 Å². The minimum atomic E-state index is -2.32. The van der Waals surface area contributed by atoms with Crippen molar-refractivity contribution in [3.05, 3.63) is 192 Å². The molecule has 2 nitrogen and oxygen atoms in total. The minimum absolute atomic E-state index is 0.132. The monoisotopic (exact) mass is 659 g/mol. The molecule has 6 aliphatic heterocycles. The molecule has 0 unspecified atom stereocenters. The summed E-state index contributed by atoms with van der Waals surface area (Å²) >= 11 is 0. The molecule has 2 bridgehead atoms. The fourth-order valence-electron chi connectivity index (χ4n) is 11.7. The van der Waals surface area contributed by atoms with Crippen LogP contribution in [0.15, 0.2) is 170 Å². The van der Waals surface area contributed by atoms with Gasteiger partial charge in [-0.1, -0.05) is 0 Å². The van der Waals surface area contributed by atoms with Gasteiger partial charge in [0.25, 0.3) is 0 Å². The number of anilines is 1. The predicted molar refractivity (Wildman–Crippen MR) is 223 cm³/mol. The normalized spacial score (nSPS) is 18.9. The quantitative estimate of drug-likeness (QED) is 0.168. The molecule has 0 atom stereocenters. The van der Waals surface area contributed by atoms with Crippen LogP contribution in [0.1, 0.15) is 22.3 Å². The van der Waals surface area contributed by atoms with Crippen molar-refractivity contribution < 1.29 is 0 Å². The van der Waals surface area contributed by atoms with Crippen LogP contribution in [0.2, 0.25) is 0 Å². The fourth-order valence-corrected chi connectivity index (χ4v) is 20.0. The van der Waals surface area contributed by atoms with Crippen molar-refractivity contribution in [3.8, 4) is 5.69 Å². The molecule has 8 aromatic rings. The van der Waals surface area contributed by atoms with Crippen LogP contribution < -0.4 is 26.8 Å². The Kier molecular flexibility index (Phi) is 4.88. The molecule has 0 amide bonds. The average molecular weight is 659 g/mol. The number of rotatable bonds is 5. The van der Waals surface area contributed by atoms with E-state index in [1.807, 2.05) is 0 Å². The van der Waals surface area contributed by atoms with E-state index < -0.39 is 11.8 Å². The van der Waals surface area contributed by atoms with E-state index >= 15 is 0 Å². The van der Waals surface area contributed by atoms with Gasteiger partial charge in [-0.25, -0.2) is 0 Å².